The van der Waals surface area contributed by atoms with E-state index < -0.39 is 5.79 Å². The van der Waals surface area contributed by atoms with E-state index in [0.29, 0.717) is 42.9 Å². The van der Waals surface area contributed by atoms with Crippen LogP contribution in [0.1, 0.15) is 98.3 Å². The van der Waals surface area contributed by atoms with Crippen molar-refractivity contribution in [3.8, 4) is 0 Å². The summed E-state index contributed by atoms with van der Waals surface area (Å²) in [6, 6.07) is 0.596. The van der Waals surface area contributed by atoms with Crippen molar-refractivity contribution in [3.05, 3.63) is 12.7 Å². The molecule has 1 spiro atoms. The van der Waals surface area contributed by atoms with Gasteiger partial charge in [-0.1, -0.05) is 20.4 Å². The predicted molar refractivity (Wildman–Crippen MR) is 171 cm³/mol. The molecule has 4 aliphatic carbocycles. The van der Waals surface area contributed by atoms with Crippen LogP contribution in [0.5, 0.6) is 0 Å². The van der Waals surface area contributed by atoms with Gasteiger partial charge in [-0.3, -0.25) is 14.5 Å². The molecule has 7 aliphatic rings. The molecule has 0 amide bonds. The summed E-state index contributed by atoms with van der Waals surface area (Å²) in [6.07, 6.45) is 14.3. The second-order valence-electron chi connectivity index (χ2n) is 16.7. The van der Waals surface area contributed by atoms with Gasteiger partial charge in [0.15, 0.2) is 11.9 Å². The maximum Gasteiger partial charge on any atom is 0.303 e. The number of hydrogen-bond acceptors (Lipinski definition) is 7. The molecule has 0 aromatic rings. The molecule has 9 heteroatoms. The van der Waals surface area contributed by atoms with Gasteiger partial charge in [-0.2, -0.15) is 0 Å². The minimum atomic E-state index is -0.406. The summed E-state index contributed by atoms with van der Waals surface area (Å²) in [5.74, 6) is 1.76. The molecule has 8 nitrogen and oxygen atoms in total. The topological polar surface area (TPSA) is 74.3 Å². The third-order valence-corrected chi connectivity index (χ3v) is 14.7. The van der Waals surface area contributed by atoms with Crippen LogP contribution in [0.4, 0.5) is 0 Å². The third kappa shape index (κ3) is 5.74. The Hall–Kier alpha value is -1.00. The number of esters is 2. The van der Waals surface area contributed by atoms with Crippen molar-refractivity contribution in [3.63, 3.8) is 0 Å². The largest absolute Gasteiger partial charge is 1.00 e. The average Bonchev–Trinajstić information content (AvgIpc) is 3.72. The van der Waals surface area contributed by atoms with E-state index >= 15 is 0 Å². The number of halogens is 1. The van der Waals surface area contributed by atoms with Gasteiger partial charge in [-0.15, -0.1) is 0 Å². The second kappa shape index (κ2) is 13.0. The van der Waals surface area contributed by atoms with Gasteiger partial charge < -0.3 is 40.4 Å². The minimum absolute atomic E-state index is 0. The summed E-state index contributed by atoms with van der Waals surface area (Å²) in [7, 11) is 0. The first kappa shape index (κ1) is 34.8. The Morgan fingerprint density at radius 1 is 0.913 bits per heavy atom. The molecule has 0 aromatic heterocycles. The zero-order valence-corrected chi connectivity index (χ0v) is 30.4. The third-order valence-electron chi connectivity index (χ3n) is 14.7. The van der Waals surface area contributed by atoms with Gasteiger partial charge in [0.2, 0.25) is 0 Å². The molecule has 0 bridgehead atoms. The van der Waals surface area contributed by atoms with Crippen molar-refractivity contribution >= 4 is 11.9 Å². The maximum atomic E-state index is 12.6. The molecule has 7 rings (SSSR count). The van der Waals surface area contributed by atoms with Crippen LogP contribution in [-0.4, -0.2) is 97.3 Å². The number of likely N-dealkylation sites (tertiary alicyclic amines) is 2. The smallest absolute Gasteiger partial charge is 0.303 e. The van der Waals surface area contributed by atoms with Crippen LogP contribution in [0, 0.1) is 34.5 Å². The zero-order chi connectivity index (χ0) is 31.6. The van der Waals surface area contributed by atoms with Crippen LogP contribution < -0.4 is 17.0 Å². The number of carbonyl (C=O) groups excluding carboxylic acids is 2. The monoisotopic (exact) mass is 706 g/mol. The molecule has 10 atom stereocenters. The lowest BCUT2D eigenvalue weighted by atomic mass is 9.44. The predicted octanol–water partition coefficient (Wildman–Crippen LogP) is 2.49. The number of quaternary nitrogens is 1. The fourth-order valence-electron chi connectivity index (χ4n) is 12.7. The van der Waals surface area contributed by atoms with Crippen LogP contribution in [0.3, 0.4) is 0 Å². The lowest BCUT2D eigenvalue weighted by Crippen LogP contribution is -3.00. The number of piperidine rings is 1. The maximum absolute atomic E-state index is 12.6. The van der Waals surface area contributed by atoms with E-state index in [1.807, 2.05) is 0 Å². The highest BCUT2D eigenvalue weighted by Crippen LogP contribution is 2.68. The van der Waals surface area contributed by atoms with Crippen LogP contribution in [-0.2, 0) is 28.5 Å². The molecule has 4 saturated carbocycles. The summed E-state index contributed by atoms with van der Waals surface area (Å²) in [5.41, 5.74) is 0.226. The van der Waals surface area contributed by atoms with Crippen LogP contribution in [0.2, 0.25) is 0 Å². The van der Waals surface area contributed by atoms with Crippen molar-refractivity contribution < 1.29 is 50.0 Å². The number of carbonyl (C=O) groups is 2. The Morgan fingerprint density at radius 3 is 2.22 bits per heavy atom. The van der Waals surface area contributed by atoms with E-state index in [4.69, 9.17) is 18.9 Å². The van der Waals surface area contributed by atoms with Gasteiger partial charge in [0.25, 0.3) is 0 Å². The van der Waals surface area contributed by atoms with Crippen molar-refractivity contribution in [1.82, 2.24) is 4.90 Å². The highest BCUT2D eigenvalue weighted by molar-refractivity contribution is 5.66. The number of nitrogens with zero attached hydrogens (tertiary/aromatic N) is 2. The number of hydrogen-bond donors (Lipinski definition) is 0. The normalized spacial score (nSPS) is 44.3. The molecule has 260 valence electrons. The Balaban J connectivity index is 0.00000372. The van der Waals surface area contributed by atoms with E-state index in [9.17, 15) is 9.59 Å². The van der Waals surface area contributed by atoms with Gasteiger partial charge in [0, 0.05) is 70.5 Å². The Labute approximate surface area is 287 Å². The minimum Gasteiger partial charge on any atom is -1.00 e. The van der Waals surface area contributed by atoms with Gasteiger partial charge in [0.1, 0.15) is 12.1 Å². The lowest BCUT2D eigenvalue weighted by molar-refractivity contribution is -0.937. The van der Waals surface area contributed by atoms with Gasteiger partial charge in [-0.05, 0) is 73.7 Å². The SMILES string of the molecule is C=CC[N+]1([C@H]2C[C@H]3[C@@H]4CC[C@H]5C[C@H](OC(C)=O)[C@@H](N6CCC7(CC6)OCCO7)C[C@]5(C)[C@H]4CC[C@]3(C)[C@H]2OC(C)=O)CCCC1.[Br-]. The number of fused-ring (bicyclic) bond motifs is 5. The average molecular weight is 708 g/mol. The van der Waals surface area contributed by atoms with Crippen molar-refractivity contribution in [2.45, 2.75) is 128 Å². The summed E-state index contributed by atoms with van der Waals surface area (Å²) < 4.78 is 25.7. The fraction of sp³-hybridized carbons (Fsp3) is 0.892. The zero-order valence-electron chi connectivity index (χ0n) is 28.9. The Kier molecular flexibility index (Phi) is 9.88. The quantitative estimate of drug-likeness (QED) is 0.239. The highest BCUT2D eigenvalue weighted by atomic mass is 79.9. The van der Waals surface area contributed by atoms with Gasteiger partial charge in [-0.25, -0.2) is 0 Å². The van der Waals surface area contributed by atoms with E-state index in [1.54, 1.807) is 13.8 Å². The molecule has 0 aromatic carbocycles. The van der Waals surface area contributed by atoms with E-state index in [-0.39, 0.29) is 58.0 Å². The number of rotatable bonds is 6. The van der Waals surface area contributed by atoms with Crippen molar-refractivity contribution in [2.24, 2.45) is 34.5 Å². The Morgan fingerprint density at radius 2 is 1.59 bits per heavy atom. The molecule has 46 heavy (non-hydrogen) atoms. The van der Waals surface area contributed by atoms with E-state index in [0.717, 1.165) is 62.6 Å². The summed E-state index contributed by atoms with van der Waals surface area (Å²) in [5, 5.41) is 0. The second-order valence-corrected chi connectivity index (χ2v) is 16.7. The van der Waals surface area contributed by atoms with E-state index in [1.165, 1.54) is 45.2 Å². The molecule has 3 saturated heterocycles. The molecular weight excluding hydrogens is 648 g/mol. The van der Waals surface area contributed by atoms with Gasteiger partial charge in [0.05, 0.1) is 32.8 Å². The van der Waals surface area contributed by atoms with Crippen LogP contribution >= 0.6 is 0 Å². The molecule has 3 aliphatic heterocycles. The summed E-state index contributed by atoms with van der Waals surface area (Å²) in [4.78, 5) is 27.6. The molecule has 0 unspecified atom stereocenters. The molecule has 0 radical (unpaired) electrons. The van der Waals surface area contributed by atoms with Gasteiger partial charge >= 0.3 is 11.9 Å². The molecule has 7 fully saturated rings. The molecule has 3 heterocycles. The first-order valence-electron chi connectivity index (χ1n) is 18.4. The first-order chi connectivity index (χ1) is 21.5. The molecule has 0 N–H and O–H groups in total. The standard InChI is InChI=1S/C37H59N2O6.BrH/c1-6-17-39(18-7-8-19-39)32-23-30-28-10-9-27-22-33(44-25(2)40)31(38-15-13-37(14-16-38)42-20-21-43-37)24-36(27,5)29(28)11-12-35(30,4)34(32)45-26(3)41;/h6,27-34H,1,7-24H2,2-5H3;1H/q+1;/p-1/t27-,28+,29-,30-,31-,32-,33-,34-,35-,36-;/m0./s1. The van der Waals surface area contributed by atoms with Crippen molar-refractivity contribution in [1.29, 1.82) is 0 Å². The highest BCUT2D eigenvalue weighted by Gasteiger charge is 2.68. The summed E-state index contributed by atoms with van der Waals surface area (Å²) >= 11 is 0. The Bertz CT molecular complexity index is 1140. The van der Waals surface area contributed by atoms with E-state index in [2.05, 4.69) is 31.4 Å². The van der Waals surface area contributed by atoms with Crippen LogP contribution in [0.15, 0.2) is 12.7 Å². The fourth-order valence-corrected chi connectivity index (χ4v) is 12.7. The van der Waals surface area contributed by atoms with Crippen molar-refractivity contribution in [2.75, 3.05) is 45.9 Å². The van der Waals surface area contributed by atoms with Crippen LogP contribution in [0.25, 0.3) is 0 Å². The summed E-state index contributed by atoms with van der Waals surface area (Å²) in [6.45, 7) is 19.0. The first-order valence-corrected chi connectivity index (χ1v) is 18.4. The number of ether oxygens (including phenoxy) is 4. The molecular formula is C37H59BrN2O6. The lowest BCUT2D eigenvalue weighted by Gasteiger charge is -2.62.